The van der Waals surface area contributed by atoms with Gasteiger partial charge >= 0.3 is 5.97 Å². The number of β-lactam (4-membered cyclic amide) rings is 1. The Hall–Kier alpha value is -2.76. The van der Waals surface area contributed by atoms with E-state index >= 15 is 0 Å². The molecular weight excluding hydrogens is 561 g/mol. The van der Waals surface area contributed by atoms with Crippen molar-refractivity contribution < 1.29 is 24.3 Å². The van der Waals surface area contributed by atoms with Gasteiger partial charge in [0.2, 0.25) is 0 Å². The van der Waals surface area contributed by atoms with Gasteiger partial charge < -0.3 is 21.0 Å². The van der Waals surface area contributed by atoms with Crippen LogP contribution in [0.2, 0.25) is 0 Å². The fourth-order valence-corrected chi connectivity index (χ4v) is 8.18. The van der Waals surface area contributed by atoms with Gasteiger partial charge in [0.05, 0.1) is 11.3 Å². The zero-order valence-electron chi connectivity index (χ0n) is 19.2. The number of nitrogens with two attached hydrogens (primary N) is 1. The van der Waals surface area contributed by atoms with Crippen LogP contribution in [0.15, 0.2) is 32.4 Å². The predicted molar refractivity (Wildman–Crippen MR) is 141 cm³/mol. The molecule has 2 aromatic heterocycles. The molecule has 1 saturated heterocycles. The number of carboxylic acids is 1. The largest absolute Gasteiger partial charge is 0.477 e. The van der Waals surface area contributed by atoms with Crippen molar-refractivity contribution in [3.8, 4) is 0 Å². The minimum absolute atomic E-state index is 0.0595. The lowest BCUT2D eigenvalue weighted by atomic mass is 10.0. The number of nitrogen functional groups attached to an aromatic ring is 1. The molecule has 1 saturated carbocycles. The van der Waals surface area contributed by atoms with Gasteiger partial charge in [-0.15, -0.1) is 40.0 Å². The highest BCUT2D eigenvalue weighted by atomic mass is 32.2. The Morgan fingerprint density at radius 2 is 2.16 bits per heavy atom. The molecule has 0 bridgehead atoms. The van der Waals surface area contributed by atoms with Gasteiger partial charge in [0.25, 0.3) is 11.8 Å². The maximum atomic E-state index is 13.2. The number of nitrogens with one attached hydrogen (secondary N) is 2. The second-order valence-corrected chi connectivity index (χ2v) is 12.6. The highest BCUT2D eigenvalue weighted by molar-refractivity contribution is 8.18. The second-order valence-electron chi connectivity index (χ2n) is 8.18. The van der Waals surface area contributed by atoms with Crippen LogP contribution in [0, 0.1) is 0 Å². The molecule has 2 aliphatic heterocycles. The minimum atomic E-state index is -1.19. The van der Waals surface area contributed by atoms with E-state index in [9.17, 15) is 19.5 Å². The van der Waals surface area contributed by atoms with Crippen molar-refractivity contribution in [2.45, 2.75) is 48.2 Å². The third-order valence-electron chi connectivity index (χ3n) is 5.83. The number of anilines is 1. The number of nitrogens with zero attached hydrogens (tertiary/aromatic N) is 5. The lowest BCUT2D eigenvalue weighted by Gasteiger charge is -2.49. The number of aromatic amines is 1. The molecule has 5 rings (SSSR count). The molecule has 4 heterocycles. The van der Waals surface area contributed by atoms with Crippen LogP contribution in [0.25, 0.3) is 0 Å². The number of fused-ring (bicyclic) bond motifs is 1. The van der Waals surface area contributed by atoms with E-state index in [1.165, 1.54) is 40.2 Å². The molecule has 37 heavy (non-hydrogen) atoms. The van der Waals surface area contributed by atoms with Crippen LogP contribution in [0.4, 0.5) is 5.13 Å². The molecule has 1 aliphatic carbocycles. The molecule has 0 unspecified atom stereocenters. The fraction of sp³-hybridized carbons (Fsp3) is 0.450. The van der Waals surface area contributed by atoms with E-state index < -0.39 is 29.2 Å². The Kier molecular flexibility index (Phi) is 7.92. The van der Waals surface area contributed by atoms with Crippen molar-refractivity contribution in [2.24, 2.45) is 5.16 Å². The van der Waals surface area contributed by atoms with E-state index in [1.54, 1.807) is 11.6 Å². The summed E-state index contributed by atoms with van der Waals surface area (Å²) in [5.41, 5.74) is 5.87. The van der Waals surface area contributed by atoms with Crippen molar-refractivity contribution in [3.05, 3.63) is 27.9 Å². The topological polar surface area (TPSA) is 189 Å². The van der Waals surface area contributed by atoms with E-state index in [2.05, 4.69) is 30.9 Å². The number of hydrogen-bond donors (Lipinski definition) is 4. The van der Waals surface area contributed by atoms with Crippen molar-refractivity contribution >= 4 is 75.2 Å². The van der Waals surface area contributed by atoms with Gasteiger partial charge in [0.1, 0.15) is 33.9 Å². The van der Waals surface area contributed by atoms with E-state index in [4.69, 9.17) is 10.6 Å². The monoisotopic (exact) mass is 582 g/mol. The number of rotatable bonds is 10. The molecule has 196 valence electrons. The molecule has 0 radical (unpaired) electrons. The minimum Gasteiger partial charge on any atom is -0.477 e. The number of thioether (sulfide) groups is 3. The smallest absolute Gasteiger partial charge is 0.353 e. The summed E-state index contributed by atoms with van der Waals surface area (Å²) in [6, 6.07) is -0.907. The van der Waals surface area contributed by atoms with Gasteiger partial charge in [0, 0.05) is 16.0 Å². The molecule has 2 fully saturated rings. The molecule has 2 aromatic rings. The summed E-state index contributed by atoms with van der Waals surface area (Å²) in [5.74, 6) is -1.94. The molecule has 2 atom stereocenters. The SMILES string of the molecule is Nc1nc(/C(=N\OC2CCCC2)C(=O)N[C@@H]2C(=O)N3C(C(=O)O)=C(SCSc4cn[nH]n4)CS[C@H]23)cs1. The highest BCUT2D eigenvalue weighted by Gasteiger charge is 2.54. The van der Waals surface area contributed by atoms with Crippen LogP contribution in [0.3, 0.4) is 0 Å². The number of thiazole rings is 1. The van der Waals surface area contributed by atoms with Gasteiger partial charge in [-0.2, -0.15) is 10.3 Å². The quantitative estimate of drug-likeness (QED) is 0.104. The summed E-state index contributed by atoms with van der Waals surface area (Å²) in [5, 5.41) is 29.4. The maximum absolute atomic E-state index is 13.2. The van der Waals surface area contributed by atoms with Crippen LogP contribution in [-0.2, 0) is 19.2 Å². The standard InChI is InChI=1S/C20H22N8O5S4/c21-20-23-10(6-35-20)13(26-33-9-3-1-2-4-9)16(29)24-14-17(30)28-15(19(31)32)11(7-34-18(14)28)36-8-37-12-5-22-27-25-12/h5-6,9,14,18H,1-4,7-8H2,(H2,21,23)(H,24,29)(H,31,32)(H,22,25,27)/b26-13+/t14-,18-/m1/s1. The predicted octanol–water partition coefficient (Wildman–Crippen LogP) is 1.69. The van der Waals surface area contributed by atoms with Crippen LogP contribution >= 0.6 is 46.6 Å². The van der Waals surface area contributed by atoms with E-state index in [0.29, 0.717) is 20.8 Å². The first-order valence-electron chi connectivity index (χ1n) is 11.2. The number of H-pyrrole nitrogens is 1. The average Bonchev–Trinajstić information content (AvgIpc) is 3.66. The first kappa shape index (κ1) is 25.9. The summed E-state index contributed by atoms with van der Waals surface area (Å²) >= 11 is 5.29. The van der Waals surface area contributed by atoms with Gasteiger partial charge in [-0.1, -0.05) is 16.9 Å². The second kappa shape index (κ2) is 11.3. The van der Waals surface area contributed by atoms with Crippen molar-refractivity contribution in [2.75, 3.05) is 16.6 Å². The first-order chi connectivity index (χ1) is 17.9. The molecule has 2 amide bonds. The zero-order valence-corrected chi connectivity index (χ0v) is 22.4. The number of aromatic nitrogens is 4. The third kappa shape index (κ3) is 5.58. The summed E-state index contributed by atoms with van der Waals surface area (Å²) in [6.45, 7) is 0. The number of carbonyl (C=O) groups is 3. The lowest BCUT2D eigenvalue weighted by Crippen LogP contribution is -2.71. The average molecular weight is 583 g/mol. The summed E-state index contributed by atoms with van der Waals surface area (Å²) in [4.78, 5) is 49.9. The summed E-state index contributed by atoms with van der Waals surface area (Å²) in [6.07, 6.45) is 5.29. The van der Waals surface area contributed by atoms with Gasteiger partial charge in [-0.05, 0) is 25.7 Å². The molecule has 3 aliphatic rings. The molecule has 0 aromatic carbocycles. The van der Waals surface area contributed by atoms with Crippen LogP contribution < -0.4 is 11.1 Å². The van der Waals surface area contributed by atoms with Crippen molar-refractivity contribution in [1.29, 1.82) is 0 Å². The Morgan fingerprint density at radius 3 is 2.84 bits per heavy atom. The normalized spacial score (nSPS) is 22.1. The highest BCUT2D eigenvalue weighted by Crippen LogP contribution is 2.44. The number of aliphatic carboxylic acids is 1. The van der Waals surface area contributed by atoms with E-state index in [1.807, 2.05) is 0 Å². The lowest BCUT2D eigenvalue weighted by molar-refractivity contribution is -0.150. The number of carboxylic acid groups (broad SMARTS) is 1. The third-order valence-corrected chi connectivity index (χ3v) is 10.1. The van der Waals surface area contributed by atoms with Crippen LogP contribution in [0.5, 0.6) is 0 Å². The molecular formula is C20H22N8O5S4. The Labute approximate surface area is 227 Å². The van der Waals surface area contributed by atoms with Gasteiger partial charge in [0.15, 0.2) is 10.8 Å². The number of carbonyl (C=O) groups excluding carboxylic acids is 2. The zero-order chi connectivity index (χ0) is 25.9. The van der Waals surface area contributed by atoms with Crippen molar-refractivity contribution in [3.63, 3.8) is 0 Å². The first-order valence-corrected chi connectivity index (χ1v) is 15.1. The van der Waals surface area contributed by atoms with Gasteiger partial charge in [-0.3, -0.25) is 14.5 Å². The summed E-state index contributed by atoms with van der Waals surface area (Å²) < 4.78 is 0. The number of amides is 2. The Balaban J connectivity index is 1.27. The Bertz CT molecular complexity index is 1240. The molecule has 5 N–H and O–H groups in total. The van der Waals surface area contributed by atoms with Crippen LogP contribution in [0.1, 0.15) is 31.4 Å². The fourth-order valence-electron chi connectivity index (χ4n) is 4.05. The maximum Gasteiger partial charge on any atom is 0.353 e. The van der Waals surface area contributed by atoms with Gasteiger partial charge in [-0.25, -0.2) is 9.78 Å². The number of hydrogen-bond acceptors (Lipinski definition) is 13. The van der Waals surface area contributed by atoms with E-state index in [-0.39, 0.29) is 28.3 Å². The van der Waals surface area contributed by atoms with E-state index in [0.717, 1.165) is 37.0 Å². The Morgan fingerprint density at radius 1 is 1.35 bits per heavy atom. The molecule has 13 nitrogen and oxygen atoms in total. The summed E-state index contributed by atoms with van der Waals surface area (Å²) in [7, 11) is 0. The number of oxime groups is 1. The molecule has 17 heteroatoms. The van der Waals surface area contributed by atoms with Crippen LogP contribution in [-0.4, -0.2) is 82.3 Å². The molecule has 0 spiro atoms. The van der Waals surface area contributed by atoms with Crippen molar-refractivity contribution in [1.82, 2.24) is 30.6 Å².